The number of hydrogen-bond donors (Lipinski definition) is 2. The van der Waals surface area contributed by atoms with Crippen molar-refractivity contribution in [1.82, 2.24) is 10.3 Å². The molecule has 150 valence electrons. The molecule has 1 unspecified atom stereocenters. The van der Waals surface area contributed by atoms with Gasteiger partial charge in [0.2, 0.25) is 0 Å². The Labute approximate surface area is 171 Å². The minimum Gasteiger partial charge on any atom is -0.351 e. The van der Waals surface area contributed by atoms with Gasteiger partial charge in [0.1, 0.15) is 6.04 Å². The SMILES string of the molecule is C[C@H](c1nc2ccccc2s1)[NH+](C)CC(=O)NCC12CC3CC(CC(C3)C1)C2. The lowest BCUT2D eigenvalue weighted by Gasteiger charge is -2.56. The van der Waals surface area contributed by atoms with Crippen LogP contribution in [0.3, 0.4) is 0 Å². The predicted molar refractivity (Wildman–Crippen MR) is 113 cm³/mol. The van der Waals surface area contributed by atoms with E-state index >= 15 is 0 Å². The highest BCUT2D eigenvalue weighted by atomic mass is 32.1. The Bertz CT molecular complexity index is 807. The Hall–Kier alpha value is -1.46. The van der Waals surface area contributed by atoms with E-state index in [4.69, 9.17) is 4.98 Å². The van der Waals surface area contributed by atoms with E-state index in [9.17, 15) is 4.79 Å². The van der Waals surface area contributed by atoms with Gasteiger partial charge in [-0.05, 0) is 80.8 Å². The molecule has 28 heavy (non-hydrogen) atoms. The van der Waals surface area contributed by atoms with Crippen LogP contribution in [0.25, 0.3) is 10.2 Å². The summed E-state index contributed by atoms with van der Waals surface area (Å²) in [5.41, 5.74) is 1.48. The van der Waals surface area contributed by atoms with Gasteiger partial charge in [-0.3, -0.25) is 4.79 Å². The molecule has 6 rings (SSSR count). The third kappa shape index (κ3) is 3.48. The fourth-order valence-electron chi connectivity index (χ4n) is 6.55. The zero-order valence-corrected chi connectivity index (χ0v) is 17.9. The van der Waals surface area contributed by atoms with Gasteiger partial charge in [0, 0.05) is 6.54 Å². The summed E-state index contributed by atoms with van der Waals surface area (Å²) >= 11 is 1.75. The molecule has 0 spiro atoms. The summed E-state index contributed by atoms with van der Waals surface area (Å²) in [5, 5.41) is 4.44. The van der Waals surface area contributed by atoms with Crippen molar-refractivity contribution in [3.05, 3.63) is 29.3 Å². The van der Waals surface area contributed by atoms with E-state index in [1.807, 2.05) is 6.07 Å². The number of nitrogens with zero attached hydrogens (tertiary/aromatic N) is 1. The van der Waals surface area contributed by atoms with Crippen LogP contribution >= 0.6 is 11.3 Å². The molecule has 1 amide bonds. The van der Waals surface area contributed by atoms with Crippen LogP contribution in [0.15, 0.2) is 24.3 Å². The Morgan fingerprint density at radius 3 is 2.50 bits per heavy atom. The fraction of sp³-hybridized carbons (Fsp3) is 0.652. The largest absolute Gasteiger partial charge is 0.351 e. The van der Waals surface area contributed by atoms with Crippen molar-refractivity contribution in [2.45, 2.75) is 51.5 Å². The lowest BCUT2D eigenvalue weighted by molar-refractivity contribution is -0.902. The molecule has 4 saturated carbocycles. The van der Waals surface area contributed by atoms with Crippen molar-refractivity contribution < 1.29 is 9.69 Å². The molecule has 0 aliphatic heterocycles. The molecule has 2 atom stereocenters. The van der Waals surface area contributed by atoms with Crippen molar-refractivity contribution in [1.29, 1.82) is 0 Å². The summed E-state index contributed by atoms with van der Waals surface area (Å²) in [5.74, 6) is 3.02. The number of amides is 1. The standard InChI is InChI=1S/C23H31N3OS/c1-15(22-25-19-5-3-4-6-20(19)28-22)26(2)13-21(27)24-14-23-10-16-7-17(11-23)9-18(8-16)12-23/h3-6,15-18H,7-14H2,1-2H3,(H,24,27)/p+1/t15-,16?,17?,18?,23?/m1/s1. The molecule has 5 heteroatoms. The van der Waals surface area contributed by atoms with E-state index in [1.165, 1.54) is 48.1 Å². The highest BCUT2D eigenvalue weighted by molar-refractivity contribution is 7.18. The first-order chi connectivity index (χ1) is 13.5. The second-order valence-electron chi connectivity index (χ2n) is 9.96. The molecule has 1 aromatic carbocycles. The van der Waals surface area contributed by atoms with Gasteiger partial charge >= 0.3 is 0 Å². The van der Waals surface area contributed by atoms with Gasteiger partial charge in [-0.1, -0.05) is 12.1 Å². The number of quaternary nitrogens is 1. The maximum atomic E-state index is 12.7. The van der Waals surface area contributed by atoms with Crippen LogP contribution < -0.4 is 10.2 Å². The molecule has 1 aromatic heterocycles. The van der Waals surface area contributed by atoms with Gasteiger partial charge in [-0.2, -0.15) is 0 Å². The molecule has 0 radical (unpaired) electrons. The highest BCUT2D eigenvalue weighted by Crippen LogP contribution is 2.59. The first-order valence-corrected chi connectivity index (χ1v) is 11.8. The lowest BCUT2D eigenvalue weighted by atomic mass is 9.49. The highest BCUT2D eigenvalue weighted by Gasteiger charge is 2.50. The molecule has 0 saturated heterocycles. The predicted octanol–water partition coefficient (Wildman–Crippen LogP) is 3.20. The number of carbonyl (C=O) groups is 1. The maximum absolute atomic E-state index is 12.7. The number of para-hydroxylation sites is 1. The first-order valence-electron chi connectivity index (χ1n) is 10.9. The molecule has 4 aliphatic rings. The van der Waals surface area contributed by atoms with Crippen molar-refractivity contribution >= 4 is 27.5 Å². The number of hydrogen-bond acceptors (Lipinski definition) is 3. The van der Waals surface area contributed by atoms with Crippen LogP contribution in [-0.2, 0) is 4.79 Å². The molecular weight excluding hydrogens is 366 g/mol. The maximum Gasteiger partial charge on any atom is 0.275 e. The Morgan fingerprint density at radius 2 is 1.86 bits per heavy atom. The van der Waals surface area contributed by atoms with E-state index in [-0.39, 0.29) is 11.9 Å². The van der Waals surface area contributed by atoms with E-state index < -0.39 is 0 Å². The van der Waals surface area contributed by atoms with Gasteiger partial charge in [0.05, 0.1) is 17.3 Å². The van der Waals surface area contributed by atoms with Crippen LogP contribution in [0.1, 0.15) is 56.5 Å². The normalized spacial score (nSPS) is 33.1. The van der Waals surface area contributed by atoms with Gasteiger partial charge in [-0.15, -0.1) is 11.3 Å². The van der Waals surface area contributed by atoms with Crippen molar-refractivity contribution in [2.24, 2.45) is 23.2 Å². The van der Waals surface area contributed by atoms with Crippen molar-refractivity contribution in [3.8, 4) is 0 Å². The third-order valence-electron chi connectivity index (χ3n) is 7.69. The van der Waals surface area contributed by atoms with Crippen LogP contribution in [0, 0.1) is 23.2 Å². The summed E-state index contributed by atoms with van der Waals surface area (Å²) in [7, 11) is 2.11. The number of thiazole rings is 1. The van der Waals surface area contributed by atoms with E-state index in [1.54, 1.807) is 11.3 Å². The minimum absolute atomic E-state index is 0.196. The number of aromatic nitrogens is 1. The summed E-state index contributed by atoms with van der Waals surface area (Å²) < 4.78 is 1.23. The van der Waals surface area contributed by atoms with Gasteiger partial charge in [0.15, 0.2) is 11.6 Å². The number of benzene rings is 1. The molecule has 4 bridgehead atoms. The number of nitrogens with one attached hydrogen (secondary N) is 2. The summed E-state index contributed by atoms with van der Waals surface area (Å²) in [6.07, 6.45) is 8.43. The van der Waals surface area contributed by atoms with E-state index in [0.29, 0.717) is 12.0 Å². The van der Waals surface area contributed by atoms with Gasteiger partial charge in [0.25, 0.3) is 5.91 Å². The van der Waals surface area contributed by atoms with Gasteiger partial charge < -0.3 is 10.2 Å². The van der Waals surface area contributed by atoms with E-state index in [0.717, 1.165) is 34.8 Å². The Kier molecular flexibility index (Phi) is 4.71. The van der Waals surface area contributed by atoms with Crippen LogP contribution in [-0.4, -0.2) is 31.0 Å². The molecule has 2 aromatic rings. The number of carbonyl (C=O) groups excluding carboxylic acids is 1. The molecule has 2 N–H and O–H groups in total. The number of rotatable bonds is 6. The molecular formula is C23H32N3OS+. The summed E-state index contributed by atoms with van der Waals surface area (Å²) in [6.45, 7) is 3.60. The quantitative estimate of drug-likeness (QED) is 0.785. The third-order valence-corrected chi connectivity index (χ3v) is 8.90. The summed E-state index contributed by atoms with van der Waals surface area (Å²) in [6, 6.07) is 8.50. The molecule has 4 nitrogen and oxygen atoms in total. The topological polar surface area (TPSA) is 46.4 Å². The average Bonchev–Trinajstić information content (AvgIpc) is 3.09. The van der Waals surface area contributed by atoms with Crippen molar-refractivity contribution in [3.63, 3.8) is 0 Å². The zero-order valence-electron chi connectivity index (χ0n) is 17.0. The zero-order chi connectivity index (χ0) is 19.3. The molecule has 4 aliphatic carbocycles. The smallest absolute Gasteiger partial charge is 0.275 e. The van der Waals surface area contributed by atoms with Crippen LogP contribution in [0.4, 0.5) is 0 Å². The fourth-order valence-corrected chi connectivity index (χ4v) is 7.66. The molecule has 4 fully saturated rings. The van der Waals surface area contributed by atoms with Crippen molar-refractivity contribution in [2.75, 3.05) is 20.1 Å². The van der Waals surface area contributed by atoms with Gasteiger partial charge in [-0.25, -0.2) is 4.98 Å². The second-order valence-corrected chi connectivity index (χ2v) is 11.0. The van der Waals surface area contributed by atoms with E-state index in [2.05, 4.69) is 37.5 Å². The Morgan fingerprint density at radius 1 is 1.21 bits per heavy atom. The average molecular weight is 399 g/mol. The second kappa shape index (κ2) is 7.10. The van der Waals surface area contributed by atoms with Crippen LogP contribution in [0.5, 0.6) is 0 Å². The first kappa shape index (κ1) is 18.6. The Balaban J connectivity index is 1.17. The van der Waals surface area contributed by atoms with Crippen LogP contribution in [0.2, 0.25) is 0 Å². The molecule has 1 heterocycles. The summed E-state index contributed by atoms with van der Waals surface area (Å²) in [4.78, 5) is 18.7. The minimum atomic E-state index is 0.196. The lowest BCUT2D eigenvalue weighted by Crippen LogP contribution is -3.10. The number of likely N-dealkylation sites (N-methyl/N-ethyl adjacent to an activating group) is 1. The monoisotopic (exact) mass is 398 g/mol. The number of fused-ring (bicyclic) bond motifs is 1.